The van der Waals surface area contributed by atoms with Crippen LogP contribution in [-0.4, -0.2) is 39.3 Å². The number of anilines is 1. The van der Waals surface area contributed by atoms with Gasteiger partial charge in [0.1, 0.15) is 21.8 Å². The van der Waals surface area contributed by atoms with E-state index in [1.807, 2.05) is 13.0 Å². The fourth-order valence-corrected chi connectivity index (χ4v) is 6.10. The summed E-state index contributed by atoms with van der Waals surface area (Å²) in [5.74, 6) is 1.15. The van der Waals surface area contributed by atoms with Gasteiger partial charge in [0.05, 0.1) is 4.91 Å². The summed E-state index contributed by atoms with van der Waals surface area (Å²) < 4.78 is 2.17. The van der Waals surface area contributed by atoms with Crippen molar-refractivity contribution in [2.24, 2.45) is 13.0 Å². The zero-order valence-electron chi connectivity index (χ0n) is 20.9. The maximum Gasteiger partial charge on any atom is 0.270 e. The normalized spacial score (nSPS) is 19.0. The first kappa shape index (κ1) is 26.5. The second kappa shape index (κ2) is 12.0. The van der Waals surface area contributed by atoms with Gasteiger partial charge in [-0.2, -0.15) is 5.26 Å². The number of thioether (sulfide) groups is 1. The highest BCUT2D eigenvalue weighted by atomic mass is 32.2. The third-order valence-electron chi connectivity index (χ3n) is 7.01. The Bertz CT molecular complexity index is 1060. The average molecular weight is 501 g/mol. The van der Waals surface area contributed by atoms with Crippen LogP contribution >= 0.6 is 24.0 Å². The van der Waals surface area contributed by atoms with Gasteiger partial charge in [-0.3, -0.25) is 19.1 Å². The van der Waals surface area contributed by atoms with Gasteiger partial charge in [-0.25, -0.2) is 0 Å². The Hall–Kier alpha value is -2.11. The number of carbonyl (C=O) groups is 1. The number of amides is 1. The Morgan fingerprint density at radius 2 is 1.85 bits per heavy atom. The molecule has 0 radical (unpaired) electrons. The first-order valence-electron chi connectivity index (χ1n) is 12.5. The van der Waals surface area contributed by atoms with E-state index in [-0.39, 0.29) is 17.0 Å². The van der Waals surface area contributed by atoms with E-state index in [2.05, 4.69) is 24.8 Å². The van der Waals surface area contributed by atoms with Crippen molar-refractivity contribution >= 4 is 46.1 Å². The lowest BCUT2D eigenvalue weighted by Crippen LogP contribution is -2.34. The molecule has 2 aliphatic rings. The Morgan fingerprint density at radius 1 is 1.18 bits per heavy atom. The lowest BCUT2D eigenvalue weighted by molar-refractivity contribution is -0.122. The van der Waals surface area contributed by atoms with Crippen LogP contribution in [0.2, 0.25) is 0 Å². The molecule has 2 aliphatic heterocycles. The number of nitrogens with zero attached hydrogens (tertiary/aromatic N) is 4. The Balaban J connectivity index is 2.03. The number of thiocarbonyl (C=S) groups is 1. The lowest BCUT2D eigenvalue weighted by atomic mass is 9.99. The van der Waals surface area contributed by atoms with Crippen molar-refractivity contribution in [2.45, 2.75) is 72.1 Å². The van der Waals surface area contributed by atoms with E-state index in [1.165, 1.54) is 24.6 Å². The number of rotatable bonds is 8. The van der Waals surface area contributed by atoms with Crippen molar-refractivity contribution in [3.63, 3.8) is 0 Å². The molecule has 0 aliphatic carbocycles. The fraction of sp³-hybridized carbons (Fsp3) is 0.615. The summed E-state index contributed by atoms with van der Waals surface area (Å²) in [5.41, 5.74) is 1.25. The molecular formula is C26H36N4O2S2. The number of nitriles is 1. The maximum atomic E-state index is 13.4. The molecule has 1 aromatic heterocycles. The predicted molar refractivity (Wildman–Crippen MR) is 145 cm³/mol. The molecule has 8 heteroatoms. The van der Waals surface area contributed by atoms with Gasteiger partial charge >= 0.3 is 0 Å². The molecule has 1 amide bonds. The number of hydrogen-bond acceptors (Lipinski definition) is 6. The molecule has 0 bridgehead atoms. The molecule has 0 spiro atoms. The molecule has 2 fully saturated rings. The summed E-state index contributed by atoms with van der Waals surface area (Å²) in [4.78, 5) is 30.9. The average Bonchev–Trinajstić information content (AvgIpc) is 3.00. The summed E-state index contributed by atoms with van der Waals surface area (Å²) in [6.07, 6.45) is 10.7. The van der Waals surface area contributed by atoms with Gasteiger partial charge in [0.15, 0.2) is 0 Å². The number of carbonyl (C=O) groups excluding carboxylic acids is 1. The number of pyridine rings is 1. The van der Waals surface area contributed by atoms with E-state index in [0.717, 1.165) is 63.0 Å². The minimum atomic E-state index is -0.286. The van der Waals surface area contributed by atoms with Gasteiger partial charge < -0.3 is 4.90 Å². The first-order valence-corrected chi connectivity index (χ1v) is 13.7. The molecule has 0 saturated carbocycles. The monoisotopic (exact) mass is 500 g/mol. The minimum absolute atomic E-state index is 0.0708. The fourth-order valence-electron chi connectivity index (χ4n) is 4.84. The van der Waals surface area contributed by atoms with Crippen LogP contribution in [0.5, 0.6) is 0 Å². The van der Waals surface area contributed by atoms with E-state index < -0.39 is 0 Å². The smallest absolute Gasteiger partial charge is 0.270 e. The third kappa shape index (κ3) is 5.58. The van der Waals surface area contributed by atoms with Crippen LogP contribution in [-0.2, 0) is 11.8 Å². The van der Waals surface area contributed by atoms with Crippen molar-refractivity contribution < 1.29 is 4.79 Å². The third-order valence-corrected chi connectivity index (χ3v) is 8.38. The molecule has 6 nitrogen and oxygen atoms in total. The molecule has 34 heavy (non-hydrogen) atoms. The minimum Gasteiger partial charge on any atom is -0.357 e. The lowest BCUT2D eigenvalue weighted by Gasteiger charge is -2.28. The molecule has 3 heterocycles. The van der Waals surface area contributed by atoms with E-state index in [0.29, 0.717) is 27.3 Å². The van der Waals surface area contributed by atoms with Crippen molar-refractivity contribution in [2.75, 3.05) is 24.5 Å². The quantitative estimate of drug-likeness (QED) is 0.353. The molecule has 1 aromatic rings. The summed E-state index contributed by atoms with van der Waals surface area (Å²) in [6.45, 7) is 8.52. The largest absolute Gasteiger partial charge is 0.357 e. The van der Waals surface area contributed by atoms with Gasteiger partial charge in [0.2, 0.25) is 0 Å². The van der Waals surface area contributed by atoms with Crippen LogP contribution < -0.4 is 10.5 Å². The zero-order valence-corrected chi connectivity index (χ0v) is 22.5. The SMILES string of the molecule is CCCCC(CC)CN1C(=O)/C(=C/c2c(C)c(C#N)c(=O)n(C)c2N2CCCCCC2)SC1=S. The Labute approximate surface area is 213 Å². The first-order chi connectivity index (χ1) is 16.3. The molecule has 184 valence electrons. The standard InChI is InChI=1S/C26H36N4O2S2/c1-5-7-12-19(6-2)17-30-25(32)22(34-26(30)33)15-20-18(3)21(16-27)24(31)28(4)23(20)29-13-10-8-9-11-14-29/h15,19H,5-14,17H2,1-4H3/b22-15-. The van der Waals surface area contributed by atoms with Crippen LogP contribution in [0.1, 0.15) is 81.9 Å². The molecule has 0 aromatic carbocycles. The van der Waals surface area contributed by atoms with Gasteiger partial charge in [0.25, 0.3) is 11.5 Å². The van der Waals surface area contributed by atoms with Crippen LogP contribution in [0.4, 0.5) is 5.82 Å². The molecule has 1 atom stereocenters. The van der Waals surface area contributed by atoms with E-state index in [4.69, 9.17) is 12.2 Å². The van der Waals surface area contributed by atoms with E-state index in [1.54, 1.807) is 16.5 Å². The Kier molecular flexibility index (Phi) is 9.38. The number of unbranched alkanes of at least 4 members (excludes halogenated alkanes) is 1. The molecule has 3 rings (SSSR count). The highest BCUT2D eigenvalue weighted by Gasteiger charge is 2.34. The highest BCUT2D eigenvalue weighted by molar-refractivity contribution is 8.26. The summed E-state index contributed by atoms with van der Waals surface area (Å²) in [5, 5.41) is 9.69. The number of aromatic nitrogens is 1. The van der Waals surface area contributed by atoms with Crippen molar-refractivity contribution in [3.8, 4) is 6.07 Å². The van der Waals surface area contributed by atoms with Crippen molar-refractivity contribution in [1.82, 2.24) is 9.47 Å². The second-order valence-corrected chi connectivity index (χ2v) is 11.0. The van der Waals surface area contributed by atoms with Crippen molar-refractivity contribution in [1.29, 1.82) is 5.26 Å². The van der Waals surface area contributed by atoms with Crippen LogP contribution in [0.15, 0.2) is 9.70 Å². The zero-order chi connectivity index (χ0) is 24.8. The highest BCUT2D eigenvalue weighted by Crippen LogP contribution is 2.37. The van der Waals surface area contributed by atoms with Crippen molar-refractivity contribution in [3.05, 3.63) is 31.9 Å². The van der Waals surface area contributed by atoms with Gasteiger partial charge in [0, 0.05) is 32.2 Å². The van der Waals surface area contributed by atoms with Gasteiger partial charge in [-0.05, 0) is 43.7 Å². The topological polar surface area (TPSA) is 69.3 Å². The predicted octanol–water partition coefficient (Wildman–Crippen LogP) is 5.36. The Morgan fingerprint density at radius 3 is 2.44 bits per heavy atom. The summed E-state index contributed by atoms with van der Waals surface area (Å²) >= 11 is 6.93. The molecule has 0 N–H and O–H groups in total. The summed E-state index contributed by atoms with van der Waals surface area (Å²) in [7, 11) is 1.73. The summed E-state index contributed by atoms with van der Waals surface area (Å²) in [6, 6.07) is 2.09. The second-order valence-electron chi connectivity index (χ2n) is 9.32. The van der Waals surface area contributed by atoms with E-state index in [9.17, 15) is 14.9 Å². The van der Waals surface area contributed by atoms with Gasteiger partial charge in [-0.15, -0.1) is 0 Å². The molecule has 2 saturated heterocycles. The van der Waals surface area contributed by atoms with E-state index >= 15 is 0 Å². The van der Waals surface area contributed by atoms with Crippen LogP contribution in [0.3, 0.4) is 0 Å². The van der Waals surface area contributed by atoms with Gasteiger partial charge in [-0.1, -0.05) is 69.9 Å². The number of hydrogen-bond donors (Lipinski definition) is 0. The van der Waals surface area contributed by atoms with Crippen LogP contribution in [0, 0.1) is 24.2 Å². The molecule has 1 unspecified atom stereocenters. The van der Waals surface area contributed by atoms with Crippen LogP contribution in [0.25, 0.3) is 6.08 Å². The molecular weight excluding hydrogens is 464 g/mol. The maximum absolute atomic E-state index is 13.4.